The van der Waals surface area contributed by atoms with Gasteiger partial charge >= 0.3 is 0 Å². The van der Waals surface area contributed by atoms with E-state index >= 15 is 0 Å². The van der Waals surface area contributed by atoms with E-state index in [1.807, 2.05) is 55.5 Å². The Morgan fingerprint density at radius 3 is 2.77 bits per heavy atom. The lowest BCUT2D eigenvalue weighted by Gasteiger charge is -2.24. The predicted molar refractivity (Wildman–Crippen MR) is 85.2 cm³/mol. The molecule has 1 unspecified atom stereocenters. The van der Waals surface area contributed by atoms with Gasteiger partial charge in [-0.1, -0.05) is 0 Å². The molecule has 3 rings (SSSR count). The number of imidazole rings is 1. The molecule has 2 atom stereocenters. The van der Waals surface area contributed by atoms with E-state index in [0.717, 1.165) is 23.5 Å². The van der Waals surface area contributed by atoms with Crippen LogP contribution in [0.3, 0.4) is 0 Å². The fourth-order valence-electron chi connectivity index (χ4n) is 3.11. The summed E-state index contributed by atoms with van der Waals surface area (Å²) in [6.07, 6.45) is 6.77. The van der Waals surface area contributed by atoms with Gasteiger partial charge in [-0.2, -0.15) is 0 Å². The summed E-state index contributed by atoms with van der Waals surface area (Å²) >= 11 is 0. The van der Waals surface area contributed by atoms with E-state index in [4.69, 9.17) is 11.5 Å². The summed E-state index contributed by atoms with van der Waals surface area (Å²) in [4.78, 5) is 13.9. The number of amides is 1. The maximum Gasteiger partial charge on any atom is 0.243 e. The molecule has 1 aliphatic rings. The van der Waals surface area contributed by atoms with Crippen molar-refractivity contribution in [2.24, 2.45) is 12.8 Å². The van der Waals surface area contributed by atoms with Crippen molar-refractivity contribution in [3.8, 4) is 0 Å². The van der Waals surface area contributed by atoms with E-state index in [-0.39, 0.29) is 18.0 Å². The zero-order valence-electron chi connectivity index (χ0n) is 12.9. The highest BCUT2D eigenvalue weighted by Gasteiger charge is 2.39. The Bertz CT molecular complexity index is 708. The Balaban J connectivity index is 1.91. The number of nitrogens with two attached hydrogens (primary N) is 2. The van der Waals surface area contributed by atoms with Crippen LogP contribution in [0.2, 0.25) is 0 Å². The topological polar surface area (TPSA) is 81.2 Å². The van der Waals surface area contributed by atoms with Gasteiger partial charge in [-0.15, -0.1) is 0 Å². The van der Waals surface area contributed by atoms with Crippen LogP contribution in [-0.2, 0) is 11.8 Å². The lowest BCUT2D eigenvalue weighted by Crippen LogP contribution is -2.40. The second-order valence-corrected chi connectivity index (χ2v) is 6.03. The lowest BCUT2D eigenvalue weighted by atomic mass is 10.1. The fourth-order valence-corrected chi connectivity index (χ4v) is 3.11. The highest BCUT2D eigenvalue weighted by molar-refractivity contribution is 5.84. The monoisotopic (exact) mass is 300 g/mol. The second-order valence-electron chi connectivity index (χ2n) is 6.03. The number of aromatic nitrogens is 2. The van der Waals surface area contributed by atoms with Crippen LogP contribution >= 0.6 is 0 Å². The zero-order valence-corrected chi connectivity index (χ0v) is 12.9. The zero-order chi connectivity index (χ0) is 15.9. The van der Waals surface area contributed by atoms with Crippen LogP contribution in [0, 0.1) is 6.92 Å². The van der Waals surface area contributed by atoms with Gasteiger partial charge in [0.25, 0.3) is 0 Å². The molecular formula is C16H22N5O+. The van der Waals surface area contributed by atoms with Crippen LogP contribution in [0.15, 0.2) is 36.9 Å². The fraction of sp³-hybridized carbons (Fsp3) is 0.375. The number of nitrogen functional groups attached to an aromatic ring is 1. The first-order valence-electron chi connectivity index (χ1n) is 7.40. The SMILES string of the molecule is Cc1cc(N2CC(n3cc[n+](C)c3)C[C@H]2C(N)=O)ccc1N. The molecule has 0 spiro atoms. The number of aryl methyl sites for hydroxylation is 2. The summed E-state index contributed by atoms with van der Waals surface area (Å²) < 4.78 is 4.13. The molecular weight excluding hydrogens is 278 g/mol. The molecule has 6 nitrogen and oxygen atoms in total. The molecule has 1 aromatic heterocycles. The quantitative estimate of drug-likeness (QED) is 0.640. The van der Waals surface area contributed by atoms with E-state index in [0.29, 0.717) is 6.42 Å². The van der Waals surface area contributed by atoms with Crippen molar-refractivity contribution >= 4 is 17.3 Å². The summed E-state index contributed by atoms with van der Waals surface area (Å²) in [5.74, 6) is -0.284. The predicted octanol–water partition coefficient (Wildman–Crippen LogP) is 0.509. The average Bonchev–Trinajstić information content (AvgIpc) is 3.08. The van der Waals surface area contributed by atoms with Crippen molar-refractivity contribution in [3.63, 3.8) is 0 Å². The van der Waals surface area contributed by atoms with Crippen molar-refractivity contribution in [1.29, 1.82) is 0 Å². The Labute approximate surface area is 129 Å². The number of rotatable bonds is 3. The molecule has 2 aromatic rings. The first-order valence-corrected chi connectivity index (χ1v) is 7.40. The highest BCUT2D eigenvalue weighted by Crippen LogP contribution is 2.33. The van der Waals surface area contributed by atoms with Crippen molar-refractivity contribution < 1.29 is 9.36 Å². The number of primary amides is 1. The molecule has 1 saturated heterocycles. The standard InChI is InChI=1S/C16H21N5O/c1-11-7-12(3-4-14(11)17)21-9-13(8-15(21)16(18)22)20-6-5-19(2)10-20/h3-7,10,13,15H,8-9,17H2,1-2H3,(H-,18,22)/p+1/t13?,15-/m0/s1. The van der Waals surface area contributed by atoms with E-state index in [9.17, 15) is 4.79 Å². The molecule has 116 valence electrons. The van der Waals surface area contributed by atoms with Crippen LogP contribution in [0.5, 0.6) is 0 Å². The Morgan fingerprint density at radius 2 is 2.18 bits per heavy atom. The second kappa shape index (κ2) is 5.36. The summed E-state index contributed by atoms with van der Waals surface area (Å²) in [6.45, 7) is 2.73. The van der Waals surface area contributed by atoms with Crippen LogP contribution in [0.1, 0.15) is 18.0 Å². The molecule has 1 aliphatic heterocycles. The molecule has 6 heteroatoms. The van der Waals surface area contributed by atoms with Crippen molar-refractivity contribution in [2.45, 2.75) is 25.4 Å². The number of carbonyl (C=O) groups is 1. The van der Waals surface area contributed by atoms with Gasteiger partial charge in [-0.25, -0.2) is 9.13 Å². The van der Waals surface area contributed by atoms with Gasteiger partial charge in [-0.05, 0) is 30.7 Å². The molecule has 1 amide bonds. The van der Waals surface area contributed by atoms with Crippen LogP contribution in [0.4, 0.5) is 11.4 Å². The minimum absolute atomic E-state index is 0.233. The summed E-state index contributed by atoms with van der Waals surface area (Å²) in [5.41, 5.74) is 14.3. The van der Waals surface area contributed by atoms with Crippen molar-refractivity contribution in [2.75, 3.05) is 17.2 Å². The Morgan fingerprint density at radius 1 is 1.41 bits per heavy atom. The molecule has 1 aromatic carbocycles. The maximum absolute atomic E-state index is 11.9. The number of anilines is 2. The van der Waals surface area contributed by atoms with Gasteiger partial charge in [0.2, 0.25) is 12.2 Å². The summed E-state index contributed by atoms with van der Waals surface area (Å²) in [5, 5.41) is 0. The minimum atomic E-state index is -0.291. The molecule has 0 bridgehead atoms. The van der Waals surface area contributed by atoms with Gasteiger partial charge in [0.1, 0.15) is 24.5 Å². The highest BCUT2D eigenvalue weighted by atomic mass is 16.1. The van der Waals surface area contributed by atoms with Crippen LogP contribution < -0.4 is 20.9 Å². The Hall–Kier alpha value is -2.50. The Kier molecular flexibility index (Phi) is 3.52. The van der Waals surface area contributed by atoms with Crippen molar-refractivity contribution in [1.82, 2.24) is 4.57 Å². The summed E-state index contributed by atoms with van der Waals surface area (Å²) in [7, 11) is 1.98. The van der Waals surface area contributed by atoms with Gasteiger partial charge in [0.15, 0.2) is 0 Å². The maximum atomic E-state index is 11.9. The van der Waals surface area contributed by atoms with Gasteiger partial charge in [0.05, 0.1) is 13.6 Å². The number of carbonyl (C=O) groups excluding carboxylic acids is 1. The molecule has 4 N–H and O–H groups in total. The normalized spacial score (nSPS) is 21.3. The molecule has 0 aliphatic carbocycles. The molecule has 22 heavy (non-hydrogen) atoms. The molecule has 2 heterocycles. The first kappa shape index (κ1) is 14.4. The van der Waals surface area contributed by atoms with E-state index < -0.39 is 0 Å². The largest absolute Gasteiger partial charge is 0.399 e. The summed E-state index contributed by atoms with van der Waals surface area (Å²) in [6, 6.07) is 5.79. The smallest absolute Gasteiger partial charge is 0.243 e. The third kappa shape index (κ3) is 2.52. The number of nitrogens with zero attached hydrogens (tertiary/aromatic N) is 3. The molecule has 1 fully saturated rings. The average molecular weight is 300 g/mol. The van der Waals surface area contributed by atoms with Gasteiger partial charge in [0, 0.05) is 17.8 Å². The van der Waals surface area contributed by atoms with Gasteiger partial charge in [-0.3, -0.25) is 4.79 Å². The lowest BCUT2D eigenvalue weighted by molar-refractivity contribution is -0.671. The van der Waals surface area contributed by atoms with Gasteiger partial charge < -0.3 is 16.4 Å². The van der Waals surface area contributed by atoms with Crippen LogP contribution in [0.25, 0.3) is 0 Å². The number of hydrogen-bond acceptors (Lipinski definition) is 3. The third-order valence-electron chi connectivity index (χ3n) is 4.40. The van der Waals surface area contributed by atoms with Crippen molar-refractivity contribution in [3.05, 3.63) is 42.5 Å². The number of hydrogen-bond donors (Lipinski definition) is 2. The van der Waals surface area contributed by atoms with E-state index in [1.165, 1.54) is 0 Å². The number of benzene rings is 1. The molecule has 0 saturated carbocycles. The first-order chi connectivity index (χ1) is 10.5. The third-order valence-corrected chi connectivity index (χ3v) is 4.40. The van der Waals surface area contributed by atoms with Crippen LogP contribution in [-0.4, -0.2) is 23.1 Å². The van der Waals surface area contributed by atoms with E-state index in [2.05, 4.69) is 9.47 Å². The molecule has 0 radical (unpaired) electrons. The minimum Gasteiger partial charge on any atom is -0.399 e. The van der Waals surface area contributed by atoms with E-state index in [1.54, 1.807) is 0 Å².